The van der Waals surface area contributed by atoms with Gasteiger partial charge in [0, 0.05) is 0 Å². The molecule has 0 heterocycles. The third-order valence-corrected chi connectivity index (χ3v) is 1.79. The second-order valence-electron chi connectivity index (χ2n) is 2.93. The van der Waals surface area contributed by atoms with Crippen molar-refractivity contribution in [2.45, 2.75) is 26.2 Å². The van der Waals surface area contributed by atoms with Gasteiger partial charge in [-0.1, -0.05) is 6.92 Å². The summed E-state index contributed by atoms with van der Waals surface area (Å²) in [5.41, 5.74) is 5.39. The minimum Gasteiger partial charge on any atom is -0.330 e. The molecule has 0 aliphatic heterocycles. The summed E-state index contributed by atoms with van der Waals surface area (Å²) in [4.78, 5) is 0. The SMILES string of the molecule is CNCCC(C)CCCN. The molecule has 0 aliphatic rings. The molecular weight excluding hydrogens is 124 g/mol. The fourth-order valence-corrected chi connectivity index (χ4v) is 1.00. The van der Waals surface area contributed by atoms with Gasteiger partial charge in [0.25, 0.3) is 0 Å². The fraction of sp³-hybridized carbons (Fsp3) is 1.00. The molecular formula is C8H20N2. The van der Waals surface area contributed by atoms with E-state index in [2.05, 4.69) is 12.2 Å². The Morgan fingerprint density at radius 2 is 2.10 bits per heavy atom. The van der Waals surface area contributed by atoms with E-state index in [0.717, 1.165) is 19.0 Å². The molecule has 2 nitrogen and oxygen atoms in total. The van der Waals surface area contributed by atoms with Gasteiger partial charge in [-0.15, -0.1) is 0 Å². The van der Waals surface area contributed by atoms with Gasteiger partial charge in [0.2, 0.25) is 0 Å². The lowest BCUT2D eigenvalue weighted by molar-refractivity contribution is 0.469. The lowest BCUT2D eigenvalue weighted by atomic mass is 10.0. The summed E-state index contributed by atoms with van der Waals surface area (Å²) < 4.78 is 0. The summed E-state index contributed by atoms with van der Waals surface area (Å²) in [6.07, 6.45) is 3.72. The molecule has 0 saturated heterocycles. The molecule has 0 amide bonds. The van der Waals surface area contributed by atoms with Crippen molar-refractivity contribution in [3.63, 3.8) is 0 Å². The predicted molar refractivity (Wildman–Crippen MR) is 46.0 cm³/mol. The molecule has 0 aromatic heterocycles. The number of nitrogens with two attached hydrogens (primary N) is 1. The average Bonchev–Trinajstić information content (AvgIpc) is 1.97. The Hall–Kier alpha value is -0.0800. The Kier molecular flexibility index (Phi) is 6.98. The van der Waals surface area contributed by atoms with E-state index in [1.165, 1.54) is 19.3 Å². The van der Waals surface area contributed by atoms with Gasteiger partial charge < -0.3 is 11.1 Å². The van der Waals surface area contributed by atoms with Crippen LogP contribution < -0.4 is 11.1 Å². The minimum atomic E-state index is 0.830. The standard InChI is InChI=1S/C8H20N2/c1-8(4-3-6-9)5-7-10-2/h8,10H,3-7,9H2,1-2H3. The maximum Gasteiger partial charge on any atom is -0.00494 e. The van der Waals surface area contributed by atoms with E-state index < -0.39 is 0 Å². The molecule has 3 N–H and O–H groups in total. The monoisotopic (exact) mass is 144 g/mol. The Labute approximate surface area is 64.2 Å². The molecule has 0 fully saturated rings. The van der Waals surface area contributed by atoms with Crippen molar-refractivity contribution in [1.29, 1.82) is 0 Å². The molecule has 1 atom stereocenters. The largest absolute Gasteiger partial charge is 0.330 e. The van der Waals surface area contributed by atoms with E-state index in [1.54, 1.807) is 0 Å². The molecule has 0 aromatic rings. The van der Waals surface area contributed by atoms with Gasteiger partial charge in [-0.25, -0.2) is 0 Å². The predicted octanol–water partition coefficient (Wildman–Crippen LogP) is 0.971. The Balaban J connectivity index is 3.00. The third kappa shape index (κ3) is 6.05. The molecule has 0 spiro atoms. The zero-order valence-electron chi connectivity index (χ0n) is 7.19. The second-order valence-corrected chi connectivity index (χ2v) is 2.93. The van der Waals surface area contributed by atoms with Gasteiger partial charge in [0.05, 0.1) is 0 Å². The van der Waals surface area contributed by atoms with Gasteiger partial charge >= 0.3 is 0 Å². The van der Waals surface area contributed by atoms with Crippen LogP contribution in [0, 0.1) is 5.92 Å². The van der Waals surface area contributed by atoms with Crippen molar-refractivity contribution in [1.82, 2.24) is 5.32 Å². The topological polar surface area (TPSA) is 38.0 Å². The molecule has 0 radical (unpaired) electrons. The first kappa shape index (κ1) is 9.92. The number of nitrogens with one attached hydrogen (secondary N) is 1. The molecule has 0 bridgehead atoms. The van der Waals surface area contributed by atoms with Gasteiger partial charge in [-0.3, -0.25) is 0 Å². The van der Waals surface area contributed by atoms with Gasteiger partial charge in [-0.05, 0) is 45.3 Å². The molecule has 62 valence electrons. The molecule has 0 aliphatic carbocycles. The number of rotatable bonds is 6. The van der Waals surface area contributed by atoms with Crippen LogP contribution in [0.15, 0.2) is 0 Å². The first-order valence-corrected chi connectivity index (χ1v) is 4.16. The highest BCUT2D eigenvalue weighted by atomic mass is 14.8. The van der Waals surface area contributed by atoms with Crippen molar-refractivity contribution < 1.29 is 0 Å². The van der Waals surface area contributed by atoms with Crippen molar-refractivity contribution in [3.05, 3.63) is 0 Å². The van der Waals surface area contributed by atoms with E-state index >= 15 is 0 Å². The summed E-state index contributed by atoms with van der Waals surface area (Å²) in [5.74, 6) is 0.830. The average molecular weight is 144 g/mol. The maximum atomic E-state index is 5.39. The molecule has 0 rings (SSSR count). The maximum absolute atomic E-state index is 5.39. The molecule has 0 saturated carbocycles. The number of hydrogen-bond acceptors (Lipinski definition) is 2. The van der Waals surface area contributed by atoms with Crippen LogP contribution in [-0.2, 0) is 0 Å². The highest BCUT2D eigenvalue weighted by Crippen LogP contribution is 2.07. The van der Waals surface area contributed by atoms with E-state index in [0.29, 0.717) is 0 Å². The first-order chi connectivity index (χ1) is 4.81. The molecule has 0 aromatic carbocycles. The Bertz CT molecular complexity index is 56.3. The zero-order valence-corrected chi connectivity index (χ0v) is 7.19. The fourth-order valence-electron chi connectivity index (χ4n) is 1.00. The Morgan fingerprint density at radius 3 is 2.60 bits per heavy atom. The van der Waals surface area contributed by atoms with Gasteiger partial charge in [0.15, 0.2) is 0 Å². The minimum absolute atomic E-state index is 0.830. The number of hydrogen-bond donors (Lipinski definition) is 2. The normalized spacial score (nSPS) is 13.5. The summed E-state index contributed by atoms with van der Waals surface area (Å²) in [7, 11) is 2.00. The summed E-state index contributed by atoms with van der Waals surface area (Å²) in [6, 6.07) is 0. The van der Waals surface area contributed by atoms with Crippen LogP contribution >= 0.6 is 0 Å². The van der Waals surface area contributed by atoms with Crippen LogP contribution in [0.2, 0.25) is 0 Å². The first-order valence-electron chi connectivity index (χ1n) is 4.16. The van der Waals surface area contributed by atoms with E-state index in [-0.39, 0.29) is 0 Å². The van der Waals surface area contributed by atoms with Crippen LogP contribution in [0.4, 0.5) is 0 Å². The van der Waals surface area contributed by atoms with Crippen LogP contribution in [0.1, 0.15) is 26.2 Å². The van der Waals surface area contributed by atoms with E-state index in [9.17, 15) is 0 Å². The molecule has 2 heteroatoms. The van der Waals surface area contributed by atoms with Crippen LogP contribution in [0.5, 0.6) is 0 Å². The molecule has 1 unspecified atom stereocenters. The van der Waals surface area contributed by atoms with E-state index in [1.807, 2.05) is 7.05 Å². The highest BCUT2D eigenvalue weighted by molar-refractivity contribution is 4.54. The van der Waals surface area contributed by atoms with Crippen molar-refractivity contribution in [2.75, 3.05) is 20.1 Å². The summed E-state index contributed by atoms with van der Waals surface area (Å²) in [5, 5.41) is 3.14. The van der Waals surface area contributed by atoms with Crippen molar-refractivity contribution in [2.24, 2.45) is 11.7 Å². The third-order valence-electron chi connectivity index (χ3n) is 1.79. The van der Waals surface area contributed by atoms with Crippen LogP contribution in [0.3, 0.4) is 0 Å². The Morgan fingerprint density at radius 1 is 1.40 bits per heavy atom. The van der Waals surface area contributed by atoms with Gasteiger partial charge in [0.1, 0.15) is 0 Å². The van der Waals surface area contributed by atoms with Crippen molar-refractivity contribution >= 4 is 0 Å². The quantitative estimate of drug-likeness (QED) is 0.583. The lowest BCUT2D eigenvalue weighted by Gasteiger charge is -2.08. The molecule has 10 heavy (non-hydrogen) atoms. The summed E-state index contributed by atoms with van der Waals surface area (Å²) >= 11 is 0. The zero-order chi connectivity index (χ0) is 7.82. The highest BCUT2D eigenvalue weighted by Gasteiger charge is 1.98. The smallest absolute Gasteiger partial charge is 0.00494 e. The van der Waals surface area contributed by atoms with Crippen molar-refractivity contribution in [3.8, 4) is 0 Å². The van der Waals surface area contributed by atoms with E-state index in [4.69, 9.17) is 5.73 Å². The van der Waals surface area contributed by atoms with Crippen LogP contribution in [-0.4, -0.2) is 20.1 Å². The van der Waals surface area contributed by atoms with Gasteiger partial charge in [-0.2, -0.15) is 0 Å². The summed E-state index contributed by atoms with van der Waals surface area (Å²) in [6.45, 7) is 4.25. The van der Waals surface area contributed by atoms with Crippen LogP contribution in [0.25, 0.3) is 0 Å². The lowest BCUT2D eigenvalue weighted by Crippen LogP contribution is -2.12. The second kappa shape index (κ2) is 7.03.